The number of carbonyl (C=O) groups excluding carboxylic acids is 3. The maximum absolute atomic E-state index is 13.3. The summed E-state index contributed by atoms with van der Waals surface area (Å²) in [6.07, 6.45) is 1.06. The van der Waals surface area contributed by atoms with Crippen LogP contribution in [0.3, 0.4) is 0 Å². The van der Waals surface area contributed by atoms with Gasteiger partial charge in [0.05, 0.1) is 10.6 Å². The zero-order valence-corrected chi connectivity index (χ0v) is 19.5. The fraction of sp³-hybridized carbons (Fsp3) is 0.222. The van der Waals surface area contributed by atoms with Crippen LogP contribution >= 0.6 is 11.6 Å². The molecule has 1 aliphatic heterocycles. The zero-order valence-electron chi connectivity index (χ0n) is 18.8. The Morgan fingerprint density at radius 1 is 0.971 bits per heavy atom. The number of anilines is 1. The molecule has 0 aliphatic carbocycles. The molecule has 3 aromatic carbocycles. The molecule has 0 saturated carbocycles. The molecule has 6 nitrogen and oxygen atoms in total. The highest BCUT2D eigenvalue weighted by Crippen LogP contribution is 2.27. The first-order chi connectivity index (χ1) is 16.5. The summed E-state index contributed by atoms with van der Waals surface area (Å²) in [4.78, 5) is 40.4. The van der Waals surface area contributed by atoms with Crippen LogP contribution in [0.15, 0.2) is 72.8 Å². The molecule has 2 amide bonds. The van der Waals surface area contributed by atoms with Crippen LogP contribution in [0.1, 0.15) is 34.0 Å². The van der Waals surface area contributed by atoms with E-state index < -0.39 is 24.5 Å². The molecule has 4 rings (SSSR count). The second-order valence-corrected chi connectivity index (χ2v) is 8.48. The van der Waals surface area contributed by atoms with Crippen molar-refractivity contribution in [1.29, 1.82) is 0 Å². The minimum absolute atomic E-state index is 0.246. The lowest BCUT2D eigenvalue weighted by Crippen LogP contribution is -2.49. The Morgan fingerprint density at radius 2 is 1.65 bits per heavy atom. The standard InChI is InChI=1S/C27H25ClN2O4/c1-2-18-9-5-8-14-23(18)29-25(31)17-34-27(33)24-15-19-10-3-4-11-20(19)16-30(24)26(32)21-12-6-7-13-22(21)28/h3-14,24H,2,15-17H2,1H3,(H,29,31)/t24-/m0/s1. The van der Waals surface area contributed by atoms with Gasteiger partial charge in [-0.2, -0.15) is 0 Å². The molecular weight excluding hydrogens is 452 g/mol. The molecule has 0 aromatic heterocycles. The van der Waals surface area contributed by atoms with E-state index in [0.717, 1.165) is 23.1 Å². The lowest BCUT2D eigenvalue weighted by molar-refractivity contribution is -0.152. The van der Waals surface area contributed by atoms with Gasteiger partial charge < -0.3 is 15.0 Å². The Bertz CT molecular complexity index is 1230. The Kier molecular flexibility index (Phi) is 7.28. The van der Waals surface area contributed by atoms with Gasteiger partial charge in [-0.25, -0.2) is 4.79 Å². The van der Waals surface area contributed by atoms with Crippen molar-refractivity contribution in [1.82, 2.24) is 4.90 Å². The number of esters is 1. The second kappa shape index (κ2) is 10.5. The van der Waals surface area contributed by atoms with Gasteiger partial charge in [-0.1, -0.05) is 73.1 Å². The Hall–Kier alpha value is -3.64. The molecule has 1 aliphatic rings. The van der Waals surface area contributed by atoms with E-state index in [1.165, 1.54) is 4.90 Å². The smallest absolute Gasteiger partial charge is 0.329 e. The van der Waals surface area contributed by atoms with Crippen LogP contribution in [0.5, 0.6) is 0 Å². The van der Waals surface area contributed by atoms with Gasteiger partial charge in [-0.15, -0.1) is 0 Å². The van der Waals surface area contributed by atoms with Crippen LogP contribution in [0.25, 0.3) is 0 Å². The predicted molar refractivity (Wildman–Crippen MR) is 131 cm³/mol. The molecular formula is C27H25ClN2O4. The Balaban J connectivity index is 1.50. The maximum atomic E-state index is 13.3. The minimum atomic E-state index is -0.866. The van der Waals surface area contributed by atoms with Crippen LogP contribution in [0, 0.1) is 0 Å². The van der Waals surface area contributed by atoms with Gasteiger partial charge in [0.25, 0.3) is 11.8 Å². The number of para-hydroxylation sites is 1. The van der Waals surface area contributed by atoms with Crippen LogP contribution in [0.2, 0.25) is 5.02 Å². The molecule has 1 heterocycles. The van der Waals surface area contributed by atoms with Gasteiger partial charge in [0.15, 0.2) is 6.61 Å². The molecule has 0 fully saturated rings. The van der Waals surface area contributed by atoms with Crippen LogP contribution in [-0.4, -0.2) is 35.3 Å². The first-order valence-electron chi connectivity index (χ1n) is 11.1. The summed E-state index contributed by atoms with van der Waals surface area (Å²) in [6, 6.07) is 21.0. The zero-order chi connectivity index (χ0) is 24.1. The number of hydrogen-bond donors (Lipinski definition) is 1. The number of aryl methyl sites for hydroxylation is 1. The van der Waals surface area contributed by atoms with Gasteiger partial charge in [0, 0.05) is 18.7 Å². The van der Waals surface area contributed by atoms with Crippen LogP contribution < -0.4 is 5.32 Å². The molecule has 3 aromatic rings. The first-order valence-corrected chi connectivity index (χ1v) is 11.5. The monoisotopic (exact) mass is 476 g/mol. The summed E-state index contributed by atoms with van der Waals surface area (Å²) in [7, 11) is 0. The number of rotatable bonds is 6. The number of benzene rings is 3. The highest BCUT2D eigenvalue weighted by atomic mass is 35.5. The highest BCUT2D eigenvalue weighted by molar-refractivity contribution is 6.33. The molecule has 34 heavy (non-hydrogen) atoms. The number of carbonyl (C=O) groups is 3. The normalized spacial score (nSPS) is 14.8. The van der Waals surface area contributed by atoms with E-state index in [1.807, 2.05) is 49.4 Å². The predicted octanol–water partition coefficient (Wildman–Crippen LogP) is 4.65. The lowest BCUT2D eigenvalue weighted by atomic mass is 9.93. The number of nitrogens with zero attached hydrogens (tertiary/aromatic N) is 1. The quantitative estimate of drug-likeness (QED) is 0.525. The topological polar surface area (TPSA) is 75.7 Å². The van der Waals surface area contributed by atoms with E-state index >= 15 is 0 Å². The Labute approximate surface area is 203 Å². The molecule has 174 valence electrons. The number of halogens is 1. The molecule has 0 bridgehead atoms. The number of fused-ring (bicyclic) bond motifs is 1. The van der Waals surface area contributed by atoms with Gasteiger partial charge in [0.1, 0.15) is 6.04 Å². The Morgan fingerprint density at radius 3 is 2.41 bits per heavy atom. The van der Waals surface area contributed by atoms with E-state index in [2.05, 4.69) is 5.32 Å². The molecule has 0 radical (unpaired) electrons. The highest BCUT2D eigenvalue weighted by Gasteiger charge is 2.36. The number of hydrogen-bond acceptors (Lipinski definition) is 4. The van der Waals surface area contributed by atoms with Gasteiger partial charge in [-0.05, 0) is 41.3 Å². The number of ether oxygens (including phenoxy) is 1. The summed E-state index contributed by atoms with van der Waals surface area (Å²) in [5.74, 6) is -1.42. The van der Waals surface area contributed by atoms with E-state index in [9.17, 15) is 14.4 Å². The third-order valence-electron chi connectivity index (χ3n) is 5.90. The lowest BCUT2D eigenvalue weighted by Gasteiger charge is -2.35. The molecule has 1 atom stereocenters. The van der Waals surface area contributed by atoms with Gasteiger partial charge in [-0.3, -0.25) is 9.59 Å². The van der Waals surface area contributed by atoms with E-state index in [-0.39, 0.29) is 12.5 Å². The van der Waals surface area contributed by atoms with Crippen molar-refractivity contribution in [2.75, 3.05) is 11.9 Å². The van der Waals surface area contributed by atoms with Crippen LogP contribution in [0.4, 0.5) is 5.69 Å². The largest absolute Gasteiger partial charge is 0.454 e. The van der Waals surface area contributed by atoms with Crippen molar-refractivity contribution < 1.29 is 19.1 Å². The van der Waals surface area contributed by atoms with Gasteiger partial charge in [0.2, 0.25) is 0 Å². The minimum Gasteiger partial charge on any atom is -0.454 e. The van der Waals surface area contributed by atoms with Crippen molar-refractivity contribution in [3.63, 3.8) is 0 Å². The summed E-state index contributed by atoms with van der Waals surface area (Å²) >= 11 is 6.25. The third kappa shape index (κ3) is 5.13. The van der Waals surface area contributed by atoms with E-state index in [0.29, 0.717) is 22.7 Å². The summed E-state index contributed by atoms with van der Waals surface area (Å²) in [6.45, 7) is 1.80. The van der Waals surface area contributed by atoms with Crippen molar-refractivity contribution in [2.45, 2.75) is 32.4 Å². The fourth-order valence-electron chi connectivity index (χ4n) is 4.11. The van der Waals surface area contributed by atoms with Crippen molar-refractivity contribution in [3.8, 4) is 0 Å². The molecule has 1 N–H and O–H groups in total. The summed E-state index contributed by atoms with van der Waals surface area (Å²) in [5.41, 5.74) is 3.92. The third-order valence-corrected chi connectivity index (χ3v) is 6.23. The fourth-order valence-corrected chi connectivity index (χ4v) is 4.32. The van der Waals surface area contributed by atoms with E-state index in [4.69, 9.17) is 16.3 Å². The summed E-state index contributed by atoms with van der Waals surface area (Å²) < 4.78 is 5.37. The van der Waals surface area contributed by atoms with Crippen LogP contribution in [-0.2, 0) is 33.7 Å². The SMILES string of the molecule is CCc1ccccc1NC(=O)COC(=O)[C@@H]1Cc2ccccc2CN1C(=O)c1ccccc1Cl. The molecule has 0 saturated heterocycles. The molecule has 0 spiro atoms. The number of amides is 2. The summed E-state index contributed by atoms with van der Waals surface area (Å²) in [5, 5.41) is 3.10. The first kappa shape index (κ1) is 23.5. The maximum Gasteiger partial charge on any atom is 0.329 e. The van der Waals surface area contributed by atoms with E-state index in [1.54, 1.807) is 30.3 Å². The average Bonchev–Trinajstić information content (AvgIpc) is 2.86. The molecule has 0 unspecified atom stereocenters. The average molecular weight is 477 g/mol. The molecule has 7 heteroatoms. The van der Waals surface area contributed by atoms with Crippen molar-refractivity contribution in [2.24, 2.45) is 0 Å². The second-order valence-electron chi connectivity index (χ2n) is 8.07. The van der Waals surface area contributed by atoms with Crippen molar-refractivity contribution >= 4 is 35.1 Å². The number of nitrogens with one attached hydrogen (secondary N) is 1. The van der Waals surface area contributed by atoms with Crippen molar-refractivity contribution in [3.05, 3.63) is 100 Å². The van der Waals surface area contributed by atoms with Gasteiger partial charge >= 0.3 is 5.97 Å².